The number of nitrogens with zero attached hydrogens (tertiary/aromatic N) is 2. The quantitative estimate of drug-likeness (QED) is 0.501. The highest BCUT2D eigenvalue weighted by atomic mass is 35.5. The maximum atomic E-state index is 11.1. The number of benzene rings is 2. The smallest absolute Gasteiger partial charge is 0.337 e. The molecule has 1 heterocycles. The first-order chi connectivity index (χ1) is 13.6. The summed E-state index contributed by atoms with van der Waals surface area (Å²) in [6.45, 7) is 10.8. The van der Waals surface area contributed by atoms with Gasteiger partial charge in [0.25, 0.3) is 0 Å². The molecule has 0 spiro atoms. The zero-order chi connectivity index (χ0) is 21.3. The number of rotatable bonds is 4. The summed E-state index contributed by atoms with van der Waals surface area (Å²) in [6.07, 6.45) is 1.79. The fraction of sp³-hybridized carbons (Fsp3) is 0.250. The fourth-order valence-electron chi connectivity index (χ4n) is 3.33. The van der Waals surface area contributed by atoms with Crippen molar-refractivity contribution in [3.8, 4) is 5.69 Å². The Morgan fingerprint density at radius 3 is 2.28 bits per heavy atom. The van der Waals surface area contributed by atoms with E-state index in [-0.39, 0.29) is 16.0 Å². The summed E-state index contributed by atoms with van der Waals surface area (Å²) in [4.78, 5) is 15.6. The normalized spacial score (nSPS) is 11.9. The molecule has 0 amide bonds. The van der Waals surface area contributed by atoms with E-state index in [1.54, 1.807) is 18.3 Å². The van der Waals surface area contributed by atoms with Crippen LogP contribution in [-0.4, -0.2) is 21.9 Å². The Morgan fingerprint density at radius 1 is 1.07 bits per heavy atom. The number of aliphatic imine (C=N–C) groups is 1. The van der Waals surface area contributed by atoms with Crippen molar-refractivity contribution in [1.82, 2.24) is 4.57 Å². The molecule has 0 aliphatic carbocycles. The van der Waals surface area contributed by atoms with E-state index in [1.807, 2.05) is 0 Å². The van der Waals surface area contributed by atoms with Crippen LogP contribution < -0.4 is 0 Å². The highest BCUT2D eigenvalue weighted by Gasteiger charge is 2.15. The Labute approximate surface area is 176 Å². The van der Waals surface area contributed by atoms with Gasteiger partial charge in [-0.2, -0.15) is 0 Å². The molecule has 0 aliphatic heterocycles. The van der Waals surface area contributed by atoms with Crippen molar-refractivity contribution in [2.45, 2.75) is 40.0 Å². The Morgan fingerprint density at radius 2 is 1.72 bits per heavy atom. The molecule has 0 atom stereocenters. The molecule has 0 saturated carbocycles. The average Bonchev–Trinajstić information content (AvgIpc) is 2.92. The monoisotopic (exact) mass is 408 g/mol. The minimum absolute atomic E-state index is 0.0718. The maximum absolute atomic E-state index is 11.1. The lowest BCUT2D eigenvalue weighted by Crippen LogP contribution is -2.11. The van der Waals surface area contributed by atoms with E-state index in [1.165, 1.54) is 11.6 Å². The van der Waals surface area contributed by atoms with Crippen molar-refractivity contribution in [2.75, 3.05) is 0 Å². The molecule has 0 aliphatic rings. The van der Waals surface area contributed by atoms with Crippen molar-refractivity contribution in [3.05, 3.63) is 81.6 Å². The third-order valence-corrected chi connectivity index (χ3v) is 5.31. The third kappa shape index (κ3) is 4.43. The van der Waals surface area contributed by atoms with Crippen LogP contribution in [0.3, 0.4) is 0 Å². The summed E-state index contributed by atoms with van der Waals surface area (Å²) >= 11 is 6.03. The molecule has 4 nitrogen and oxygen atoms in total. The molecule has 150 valence electrons. The molecule has 2 aromatic carbocycles. The van der Waals surface area contributed by atoms with Crippen molar-refractivity contribution in [2.24, 2.45) is 4.99 Å². The molecule has 0 radical (unpaired) electrons. The number of aryl methyl sites for hydroxylation is 1. The first-order valence-corrected chi connectivity index (χ1v) is 9.82. The van der Waals surface area contributed by atoms with E-state index in [4.69, 9.17) is 16.7 Å². The van der Waals surface area contributed by atoms with Crippen molar-refractivity contribution in [1.29, 1.82) is 0 Å². The van der Waals surface area contributed by atoms with E-state index in [0.717, 1.165) is 22.6 Å². The largest absolute Gasteiger partial charge is 0.478 e. The lowest BCUT2D eigenvalue weighted by Gasteiger charge is -2.20. The van der Waals surface area contributed by atoms with Gasteiger partial charge < -0.3 is 9.67 Å². The second kappa shape index (κ2) is 7.88. The molecule has 1 N–H and O–H groups in total. The van der Waals surface area contributed by atoms with Gasteiger partial charge >= 0.3 is 5.97 Å². The highest BCUT2D eigenvalue weighted by molar-refractivity contribution is 6.33. The zero-order valence-corrected chi connectivity index (χ0v) is 18.1. The van der Waals surface area contributed by atoms with Crippen LogP contribution in [0.25, 0.3) is 5.69 Å². The van der Waals surface area contributed by atoms with Gasteiger partial charge in [0.2, 0.25) is 0 Å². The van der Waals surface area contributed by atoms with Gasteiger partial charge in [-0.1, -0.05) is 44.5 Å². The molecule has 3 rings (SSSR count). The second-order valence-electron chi connectivity index (χ2n) is 8.19. The first-order valence-electron chi connectivity index (χ1n) is 9.44. The Hall–Kier alpha value is -2.85. The topological polar surface area (TPSA) is 54.6 Å². The Bertz CT molecular complexity index is 1090. The summed E-state index contributed by atoms with van der Waals surface area (Å²) in [5.74, 6) is -1.05. The first kappa shape index (κ1) is 20.9. The number of carboxylic acids is 1. The molecule has 0 fully saturated rings. The van der Waals surface area contributed by atoms with Gasteiger partial charge in [-0.05, 0) is 61.2 Å². The SMILES string of the molecule is Cc1cc(C=Nc2ccc(C(=O)O)c(Cl)c2)c(C)n1-c1ccc(C(C)(C)C)cc1. The molecule has 29 heavy (non-hydrogen) atoms. The molecule has 0 bridgehead atoms. The third-order valence-electron chi connectivity index (χ3n) is 5.00. The highest BCUT2D eigenvalue weighted by Crippen LogP contribution is 2.26. The van der Waals surface area contributed by atoms with Crippen LogP contribution in [-0.2, 0) is 5.41 Å². The van der Waals surface area contributed by atoms with Crippen LogP contribution in [0.5, 0.6) is 0 Å². The van der Waals surface area contributed by atoms with E-state index in [0.29, 0.717) is 5.69 Å². The van der Waals surface area contributed by atoms with E-state index < -0.39 is 5.97 Å². The number of carbonyl (C=O) groups is 1. The van der Waals surface area contributed by atoms with Crippen molar-refractivity contribution in [3.63, 3.8) is 0 Å². The molecule has 1 aromatic heterocycles. The lowest BCUT2D eigenvalue weighted by atomic mass is 9.87. The summed E-state index contributed by atoms with van der Waals surface area (Å²) < 4.78 is 2.20. The van der Waals surface area contributed by atoms with Gasteiger partial charge in [-0.3, -0.25) is 4.99 Å². The van der Waals surface area contributed by atoms with Gasteiger partial charge in [0, 0.05) is 28.9 Å². The van der Waals surface area contributed by atoms with E-state index in [2.05, 4.69) is 74.5 Å². The number of hydrogen-bond donors (Lipinski definition) is 1. The minimum atomic E-state index is -1.05. The molecular formula is C24H25ClN2O2. The molecule has 5 heteroatoms. The average molecular weight is 409 g/mol. The number of aromatic carboxylic acids is 1. The van der Waals surface area contributed by atoms with Crippen LogP contribution in [0.15, 0.2) is 53.5 Å². The molecule has 3 aromatic rings. The summed E-state index contributed by atoms with van der Waals surface area (Å²) in [5.41, 5.74) is 6.42. The molecule has 0 unspecified atom stereocenters. The van der Waals surface area contributed by atoms with E-state index in [9.17, 15) is 4.79 Å². The number of carboxylic acid groups (broad SMARTS) is 1. The Balaban J connectivity index is 1.91. The standard InChI is InChI=1S/C24H25ClN2O2/c1-15-12-17(14-26-19-8-11-21(23(28)29)22(25)13-19)16(2)27(15)20-9-6-18(7-10-20)24(3,4)5/h6-14H,1-5H3,(H,28,29). The lowest BCUT2D eigenvalue weighted by molar-refractivity contribution is 0.0697. The second-order valence-corrected chi connectivity index (χ2v) is 8.59. The number of hydrogen-bond acceptors (Lipinski definition) is 2. The molecule has 0 saturated heterocycles. The van der Waals surface area contributed by atoms with Gasteiger partial charge in [-0.25, -0.2) is 4.79 Å². The number of aromatic nitrogens is 1. The predicted octanol–water partition coefficient (Wildman–Crippen LogP) is 6.49. The minimum Gasteiger partial charge on any atom is -0.478 e. The van der Waals surface area contributed by atoms with Crippen LogP contribution in [0.1, 0.15) is 53.6 Å². The van der Waals surface area contributed by atoms with Gasteiger partial charge in [0.05, 0.1) is 16.3 Å². The maximum Gasteiger partial charge on any atom is 0.337 e. The van der Waals surface area contributed by atoms with Crippen LogP contribution in [0.2, 0.25) is 5.02 Å². The van der Waals surface area contributed by atoms with Crippen molar-refractivity contribution >= 4 is 29.5 Å². The fourth-order valence-corrected chi connectivity index (χ4v) is 3.58. The van der Waals surface area contributed by atoms with Gasteiger partial charge in [0.15, 0.2) is 0 Å². The van der Waals surface area contributed by atoms with Crippen LogP contribution in [0, 0.1) is 13.8 Å². The Kier molecular flexibility index (Phi) is 5.67. The summed E-state index contributed by atoms with van der Waals surface area (Å²) in [6, 6.07) is 15.4. The van der Waals surface area contributed by atoms with E-state index >= 15 is 0 Å². The summed E-state index contributed by atoms with van der Waals surface area (Å²) in [5, 5.41) is 9.26. The zero-order valence-electron chi connectivity index (χ0n) is 17.3. The van der Waals surface area contributed by atoms with Crippen LogP contribution in [0.4, 0.5) is 5.69 Å². The van der Waals surface area contributed by atoms with Crippen LogP contribution >= 0.6 is 11.6 Å². The predicted molar refractivity (Wildman–Crippen MR) is 120 cm³/mol. The summed E-state index contributed by atoms with van der Waals surface area (Å²) in [7, 11) is 0. The van der Waals surface area contributed by atoms with Crippen molar-refractivity contribution < 1.29 is 9.90 Å². The molecular weight excluding hydrogens is 384 g/mol. The number of halogens is 1. The van der Waals surface area contributed by atoms with Gasteiger partial charge in [-0.15, -0.1) is 0 Å². The van der Waals surface area contributed by atoms with Gasteiger partial charge in [0.1, 0.15) is 0 Å².